The maximum atomic E-state index is 13.9. The Hall–Kier alpha value is -3.54. The molecule has 254 valence electrons. The molecule has 7 rings (SSSR count). The van der Waals surface area contributed by atoms with Crippen molar-refractivity contribution in [1.29, 1.82) is 0 Å². The van der Waals surface area contributed by atoms with Gasteiger partial charge in [0.05, 0.1) is 6.10 Å². The lowest BCUT2D eigenvalue weighted by Crippen LogP contribution is -2.50. The smallest absolute Gasteiger partial charge is 0.376 e. The Morgan fingerprint density at radius 1 is 0.958 bits per heavy atom. The first-order valence-corrected chi connectivity index (χ1v) is 17.8. The van der Waals surface area contributed by atoms with Crippen LogP contribution in [-0.4, -0.2) is 86.3 Å². The lowest BCUT2D eigenvalue weighted by atomic mass is 9.70. The molecule has 0 aromatic heterocycles. The van der Waals surface area contributed by atoms with Gasteiger partial charge in [0, 0.05) is 66.9 Å². The highest BCUT2D eigenvalue weighted by molar-refractivity contribution is 7.99. The van der Waals surface area contributed by atoms with Gasteiger partial charge in [-0.15, -0.1) is 0 Å². The van der Waals surface area contributed by atoms with Crippen LogP contribution in [0, 0.1) is 0 Å². The second kappa shape index (κ2) is 13.8. The topological polar surface area (TPSA) is 65.1 Å². The number of rotatable bonds is 9. The summed E-state index contributed by atoms with van der Waals surface area (Å²) in [5.41, 5.74) is 3.19. The third kappa shape index (κ3) is 6.69. The molecule has 4 heterocycles. The predicted molar refractivity (Wildman–Crippen MR) is 180 cm³/mol. The van der Waals surface area contributed by atoms with Gasteiger partial charge in [0.25, 0.3) is 5.91 Å². The van der Waals surface area contributed by atoms with Gasteiger partial charge in [-0.3, -0.25) is 14.5 Å². The zero-order valence-electron chi connectivity index (χ0n) is 26.9. The molecule has 3 aromatic carbocycles. The molecule has 1 atom stereocenters. The van der Waals surface area contributed by atoms with Gasteiger partial charge in [0.1, 0.15) is 12.0 Å². The maximum absolute atomic E-state index is 13.9. The predicted octanol–water partition coefficient (Wildman–Crippen LogP) is 6.24. The summed E-state index contributed by atoms with van der Waals surface area (Å²) in [6, 6.07) is 21.4. The molecule has 4 aliphatic rings. The first kappa shape index (κ1) is 33.0. The monoisotopic (exact) mass is 678 g/mol. The Bertz CT molecular complexity index is 1610. The first-order chi connectivity index (χ1) is 23.2. The van der Waals surface area contributed by atoms with E-state index in [1.165, 1.54) is 0 Å². The minimum atomic E-state index is -4.51. The lowest BCUT2D eigenvalue weighted by Gasteiger charge is -2.40. The van der Waals surface area contributed by atoms with E-state index in [0.29, 0.717) is 25.9 Å². The second-order valence-corrected chi connectivity index (χ2v) is 14.3. The average molecular weight is 679 g/mol. The fraction of sp³-hybridized carbons (Fsp3) is 0.459. The molecule has 2 fully saturated rings. The highest BCUT2D eigenvalue weighted by atomic mass is 32.2. The molecule has 2 amide bonds. The van der Waals surface area contributed by atoms with Crippen molar-refractivity contribution in [2.75, 3.05) is 57.3 Å². The molecular formula is C37H41F3N4O3S. The van der Waals surface area contributed by atoms with Crippen LogP contribution in [0.1, 0.15) is 59.2 Å². The van der Waals surface area contributed by atoms with Crippen LogP contribution in [0.2, 0.25) is 0 Å². The number of alkyl halides is 3. The van der Waals surface area contributed by atoms with Gasteiger partial charge in [0.2, 0.25) is 5.91 Å². The van der Waals surface area contributed by atoms with Crippen molar-refractivity contribution < 1.29 is 27.5 Å². The van der Waals surface area contributed by atoms with Crippen LogP contribution in [0.4, 0.5) is 18.9 Å². The van der Waals surface area contributed by atoms with E-state index in [2.05, 4.69) is 27.2 Å². The largest absolute Gasteiger partial charge is 0.405 e. The van der Waals surface area contributed by atoms with E-state index in [4.69, 9.17) is 4.74 Å². The van der Waals surface area contributed by atoms with Crippen LogP contribution in [0.5, 0.6) is 0 Å². The molecule has 1 unspecified atom stereocenters. The lowest BCUT2D eigenvalue weighted by molar-refractivity contribution is -0.141. The number of carbonyl (C=O) groups excluding carboxylic acids is 2. The number of halogens is 3. The molecule has 3 aromatic rings. The molecule has 4 aliphatic heterocycles. The van der Waals surface area contributed by atoms with Gasteiger partial charge in [-0.25, -0.2) is 0 Å². The number of ether oxygens (including phenoxy) is 1. The quantitative estimate of drug-likeness (QED) is 0.289. The average Bonchev–Trinajstić information content (AvgIpc) is 3.40. The fourth-order valence-electron chi connectivity index (χ4n) is 7.73. The summed E-state index contributed by atoms with van der Waals surface area (Å²) in [6.45, 7) is 4.62. The number of nitrogens with one attached hydrogen (secondary N) is 1. The number of benzene rings is 3. The van der Waals surface area contributed by atoms with E-state index in [1.54, 1.807) is 11.8 Å². The number of hydrogen-bond acceptors (Lipinski definition) is 6. The number of piperazine rings is 1. The number of fused-ring (bicyclic) bond motifs is 3. The Morgan fingerprint density at radius 2 is 1.67 bits per heavy atom. The van der Waals surface area contributed by atoms with Crippen LogP contribution in [0.15, 0.2) is 76.5 Å². The summed E-state index contributed by atoms with van der Waals surface area (Å²) in [7, 11) is 0. The number of carbonyl (C=O) groups is 2. The summed E-state index contributed by atoms with van der Waals surface area (Å²) in [4.78, 5) is 35.6. The summed E-state index contributed by atoms with van der Waals surface area (Å²) in [5, 5.41) is 2.24. The minimum absolute atomic E-state index is 0.0807. The van der Waals surface area contributed by atoms with Crippen molar-refractivity contribution in [2.45, 2.75) is 66.1 Å². The zero-order chi connectivity index (χ0) is 33.3. The van der Waals surface area contributed by atoms with Gasteiger partial charge in [-0.1, -0.05) is 54.2 Å². The van der Waals surface area contributed by atoms with E-state index >= 15 is 0 Å². The van der Waals surface area contributed by atoms with Gasteiger partial charge < -0.3 is 19.9 Å². The third-order valence-corrected chi connectivity index (χ3v) is 11.3. The van der Waals surface area contributed by atoms with Crippen molar-refractivity contribution in [3.05, 3.63) is 89.0 Å². The summed E-state index contributed by atoms with van der Waals surface area (Å²) >= 11 is 1.55. The third-order valence-electron chi connectivity index (χ3n) is 10.2. The van der Waals surface area contributed by atoms with Gasteiger partial charge in [-0.05, 0) is 79.6 Å². The molecule has 0 bridgehead atoms. The fourth-order valence-corrected chi connectivity index (χ4v) is 8.96. The summed E-state index contributed by atoms with van der Waals surface area (Å²) in [6.07, 6.45) is -0.116. The maximum Gasteiger partial charge on any atom is 0.405 e. The zero-order valence-corrected chi connectivity index (χ0v) is 27.8. The molecule has 2 saturated heterocycles. The van der Waals surface area contributed by atoms with E-state index in [9.17, 15) is 22.8 Å². The van der Waals surface area contributed by atoms with Gasteiger partial charge in [-0.2, -0.15) is 13.2 Å². The number of anilines is 1. The van der Waals surface area contributed by atoms with Crippen molar-refractivity contribution >= 4 is 29.3 Å². The summed E-state index contributed by atoms with van der Waals surface area (Å²) < 4.78 is 45.7. The Balaban J connectivity index is 1.00. The van der Waals surface area contributed by atoms with Crippen molar-refractivity contribution in [3.8, 4) is 0 Å². The molecule has 0 aliphatic carbocycles. The molecule has 11 heteroatoms. The minimum Gasteiger partial charge on any atom is -0.376 e. The van der Waals surface area contributed by atoms with Crippen molar-refractivity contribution in [1.82, 2.24) is 15.1 Å². The van der Waals surface area contributed by atoms with Crippen LogP contribution in [0.25, 0.3) is 0 Å². The van der Waals surface area contributed by atoms with Crippen molar-refractivity contribution in [2.24, 2.45) is 0 Å². The number of nitrogens with zero attached hydrogens (tertiary/aromatic N) is 3. The van der Waals surface area contributed by atoms with Crippen molar-refractivity contribution in [3.63, 3.8) is 0 Å². The number of hydrogen-bond donors (Lipinski definition) is 1. The normalized spacial score (nSPS) is 20.6. The van der Waals surface area contributed by atoms with Gasteiger partial charge >= 0.3 is 6.18 Å². The molecule has 0 spiro atoms. The molecule has 7 nitrogen and oxygen atoms in total. The van der Waals surface area contributed by atoms with Crippen LogP contribution >= 0.6 is 11.8 Å². The molecule has 0 radical (unpaired) electrons. The molecule has 1 N–H and O–H groups in total. The van der Waals surface area contributed by atoms with Crippen LogP contribution in [-0.2, 0) is 21.5 Å². The van der Waals surface area contributed by atoms with E-state index in [0.717, 1.165) is 96.3 Å². The van der Waals surface area contributed by atoms with E-state index in [-0.39, 0.29) is 12.0 Å². The molecule has 48 heavy (non-hydrogen) atoms. The van der Waals surface area contributed by atoms with Gasteiger partial charge in [0.15, 0.2) is 0 Å². The SMILES string of the molecule is O=C1c2cc(N3CCN(CCCC4(C(=O)NCC(F)(F)F)c5ccccc5Sc5ccccc54)CC3)ccc2CN1CC1CCCCO1. The highest BCUT2D eigenvalue weighted by Crippen LogP contribution is 2.51. The molecule has 0 saturated carbocycles. The standard InChI is InChI=1S/C37H41F3N4O3S/c38-37(39,40)25-41-35(46)36(30-9-1-3-11-32(30)48-33-12-4-2-10-31(33)36)15-7-16-42-17-19-43(20-18-42)27-14-13-26-23-44(34(45)29(26)22-27)24-28-8-5-6-21-47-28/h1-4,9-14,22,28H,5-8,15-21,23-25H2,(H,41,46). The first-order valence-electron chi connectivity index (χ1n) is 16.9. The molecular weight excluding hydrogens is 637 g/mol. The highest BCUT2D eigenvalue weighted by Gasteiger charge is 2.47. The van der Waals surface area contributed by atoms with E-state index < -0.39 is 24.0 Å². The Morgan fingerprint density at radius 3 is 2.33 bits per heavy atom. The Kier molecular flexibility index (Phi) is 9.45. The number of amides is 2. The second-order valence-electron chi connectivity index (χ2n) is 13.2. The van der Waals surface area contributed by atoms with Crippen LogP contribution in [0.3, 0.4) is 0 Å². The van der Waals surface area contributed by atoms with E-state index in [1.807, 2.05) is 59.5 Å². The summed E-state index contributed by atoms with van der Waals surface area (Å²) in [5.74, 6) is -0.530. The van der Waals surface area contributed by atoms with Crippen LogP contribution < -0.4 is 10.2 Å². The Labute approximate surface area is 283 Å².